The van der Waals surface area contributed by atoms with E-state index in [0.717, 1.165) is 21.2 Å². The molecule has 0 aliphatic heterocycles. The molecule has 1 heterocycles. The van der Waals surface area contributed by atoms with E-state index in [0.29, 0.717) is 11.4 Å². The number of benzene rings is 2. The topological polar surface area (TPSA) is 94.3 Å². The third-order valence-electron chi connectivity index (χ3n) is 3.78. The number of carbonyl (C=O) groups excluding carboxylic acids is 2. The minimum absolute atomic E-state index is 0.167. The van der Waals surface area contributed by atoms with Crippen molar-refractivity contribution in [2.24, 2.45) is 0 Å². The molecule has 0 aliphatic carbocycles. The summed E-state index contributed by atoms with van der Waals surface area (Å²) in [4.78, 5) is 28.2. The van der Waals surface area contributed by atoms with Crippen LogP contribution in [0.25, 0.3) is 11.4 Å². The Balaban J connectivity index is 1.50. The lowest BCUT2D eigenvalue weighted by Crippen LogP contribution is -2.30. The van der Waals surface area contributed by atoms with E-state index in [1.54, 1.807) is 12.1 Å². The summed E-state index contributed by atoms with van der Waals surface area (Å²) in [6, 6.07) is 12.9. The zero-order chi connectivity index (χ0) is 20.1. The highest BCUT2D eigenvalue weighted by Crippen LogP contribution is 2.20. The molecule has 0 atom stereocenters. The van der Waals surface area contributed by atoms with E-state index < -0.39 is 5.97 Å². The van der Waals surface area contributed by atoms with Gasteiger partial charge in [0.15, 0.2) is 6.61 Å². The molecule has 28 heavy (non-hydrogen) atoms. The monoisotopic (exact) mass is 443 g/mol. The third-order valence-corrected chi connectivity index (χ3v) is 4.28. The molecule has 0 bridgehead atoms. The Labute approximate surface area is 170 Å². The molecule has 3 aromatic rings. The number of ether oxygens (including phenoxy) is 1. The number of esters is 1. The molecule has 1 N–H and O–H groups in total. The molecule has 0 saturated heterocycles. The normalized spacial score (nSPS) is 10.5. The maximum absolute atomic E-state index is 12.2. The van der Waals surface area contributed by atoms with Gasteiger partial charge < -0.3 is 14.6 Å². The molecule has 0 saturated carbocycles. The number of halogens is 1. The first-order chi connectivity index (χ1) is 13.4. The van der Waals surface area contributed by atoms with Crippen molar-refractivity contribution in [1.82, 2.24) is 15.5 Å². The predicted molar refractivity (Wildman–Crippen MR) is 105 cm³/mol. The third kappa shape index (κ3) is 5.26. The second-order valence-corrected chi connectivity index (χ2v) is 7.16. The Hall–Kier alpha value is -3.00. The number of aryl methyl sites for hydroxylation is 2. The minimum Gasteiger partial charge on any atom is -0.454 e. The number of rotatable bonds is 6. The van der Waals surface area contributed by atoms with Gasteiger partial charge >= 0.3 is 5.97 Å². The summed E-state index contributed by atoms with van der Waals surface area (Å²) in [7, 11) is 0. The average molecular weight is 444 g/mol. The molecule has 3 rings (SSSR count). The first-order valence-electron chi connectivity index (χ1n) is 8.51. The highest BCUT2D eigenvalue weighted by molar-refractivity contribution is 9.10. The van der Waals surface area contributed by atoms with E-state index in [-0.39, 0.29) is 24.9 Å². The summed E-state index contributed by atoms with van der Waals surface area (Å²) in [6.45, 7) is 3.40. The number of hydrogen-bond acceptors (Lipinski definition) is 6. The molecule has 7 nitrogen and oxygen atoms in total. The quantitative estimate of drug-likeness (QED) is 0.584. The van der Waals surface area contributed by atoms with Crippen LogP contribution in [-0.4, -0.2) is 28.6 Å². The van der Waals surface area contributed by atoms with E-state index in [4.69, 9.17) is 9.26 Å². The summed E-state index contributed by atoms with van der Waals surface area (Å²) >= 11 is 3.38. The lowest BCUT2D eigenvalue weighted by atomic mass is 10.1. The highest BCUT2D eigenvalue weighted by Gasteiger charge is 2.13. The molecule has 0 unspecified atom stereocenters. The van der Waals surface area contributed by atoms with Crippen LogP contribution >= 0.6 is 15.9 Å². The van der Waals surface area contributed by atoms with Crippen molar-refractivity contribution in [3.63, 3.8) is 0 Å². The van der Waals surface area contributed by atoms with Gasteiger partial charge in [-0.15, -0.1) is 0 Å². The van der Waals surface area contributed by atoms with Gasteiger partial charge in [0.1, 0.15) is 6.54 Å². The molecule has 0 fully saturated rings. The highest BCUT2D eigenvalue weighted by atomic mass is 79.9. The molecule has 0 spiro atoms. The predicted octanol–water partition coefficient (Wildman–Crippen LogP) is 3.59. The number of nitrogens with one attached hydrogen (secondary N) is 1. The Morgan fingerprint density at radius 1 is 1.14 bits per heavy atom. The second-order valence-electron chi connectivity index (χ2n) is 6.24. The van der Waals surface area contributed by atoms with Gasteiger partial charge in [-0.05, 0) is 38.1 Å². The Kier molecular flexibility index (Phi) is 6.20. The molecule has 0 aliphatic rings. The van der Waals surface area contributed by atoms with Crippen molar-refractivity contribution in [2.75, 3.05) is 6.54 Å². The van der Waals surface area contributed by atoms with Gasteiger partial charge in [0.25, 0.3) is 11.8 Å². The van der Waals surface area contributed by atoms with Gasteiger partial charge in [-0.25, -0.2) is 0 Å². The lowest BCUT2D eigenvalue weighted by molar-refractivity contribution is -0.144. The number of amides is 1. The van der Waals surface area contributed by atoms with Crippen molar-refractivity contribution >= 4 is 27.8 Å². The van der Waals surface area contributed by atoms with E-state index >= 15 is 0 Å². The molecular weight excluding hydrogens is 426 g/mol. The van der Waals surface area contributed by atoms with Gasteiger partial charge in [0.05, 0.1) is 0 Å². The van der Waals surface area contributed by atoms with Crippen molar-refractivity contribution in [3.05, 3.63) is 69.5 Å². The fourth-order valence-electron chi connectivity index (χ4n) is 2.61. The molecule has 1 aromatic heterocycles. The van der Waals surface area contributed by atoms with Gasteiger partial charge in [-0.3, -0.25) is 9.59 Å². The number of carbonyl (C=O) groups is 2. The molecular formula is C20H18BrN3O4. The van der Waals surface area contributed by atoms with E-state index in [9.17, 15) is 9.59 Å². The van der Waals surface area contributed by atoms with Gasteiger partial charge in [-0.1, -0.05) is 50.4 Å². The van der Waals surface area contributed by atoms with Crippen molar-refractivity contribution in [2.45, 2.75) is 20.5 Å². The Morgan fingerprint density at radius 3 is 2.61 bits per heavy atom. The van der Waals surface area contributed by atoms with Crippen LogP contribution in [0.2, 0.25) is 0 Å². The first kappa shape index (κ1) is 19.8. The smallest absolute Gasteiger partial charge is 0.325 e. The Bertz CT molecular complexity index is 996. The first-order valence-corrected chi connectivity index (χ1v) is 9.30. The molecule has 2 aromatic carbocycles. The van der Waals surface area contributed by atoms with Crippen LogP contribution in [0.3, 0.4) is 0 Å². The zero-order valence-electron chi connectivity index (χ0n) is 15.4. The fourth-order valence-corrected chi connectivity index (χ4v) is 3.01. The van der Waals surface area contributed by atoms with Crippen LogP contribution in [0.5, 0.6) is 0 Å². The second kappa shape index (κ2) is 8.79. The summed E-state index contributed by atoms with van der Waals surface area (Å²) < 4.78 is 11.1. The minimum atomic E-state index is -0.597. The maximum atomic E-state index is 12.2. The van der Waals surface area contributed by atoms with Crippen LogP contribution in [0.1, 0.15) is 27.4 Å². The van der Waals surface area contributed by atoms with Gasteiger partial charge in [0.2, 0.25) is 5.82 Å². The van der Waals surface area contributed by atoms with Crippen LogP contribution in [0.15, 0.2) is 51.5 Å². The summed E-state index contributed by atoms with van der Waals surface area (Å²) in [5.41, 5.74) is 3.23. The SMILES string of the molecule is Cc1cc(C)cc(C(=O)NCC(=O)OCc2nc(-c3cccc(Br)c3)no2)c1. The summed E-state index contributed by atoms with van der Waals surface area (Å²) in [5.74, 6) is -0.363. The van der Waals surface area contributed by atoms with E-state index in [1.807, 2.05) is 44.2 Å². The number of nitrogens with zero attached hydrogens (tertiary/aromatic N) is 2. The van der Waals surface area contributed by atoms with E-state index in [1.165, 1.54) is 0 Å². The van der Waals surface area contributed by atoms with Crippen molar-refractivity contribution in [1.29, 1.82) is 0 Å². The number of aromatic nitrogens is 2. The number of hydrogen-bond donors (Lipinski definition) is 1. The Morgan fingerprint density at radius 2 is 1.89 bits per heavy atom. The van der Waals surface area contributed by atoms with Crippen LogP contribution in [0, 0.1) is 13.8 Å². The molecule has 0 radical (unpaired) electrons. The zero-order valence-corrected chi connectivity index (χ0v) is 16.9. The summed E-state index contributed by atoms with van der Waals surface area (Å²) in [5, 5.41) is 6.41. The van der Waals surface area contributed by atoms with Crippen molar-refractivity contribution < 1.29 is 18.8 Å². The molecule has 1 amide bonds. The average Bonchev–Trinajstić information content (AvgIpc) is 3.13. The van der Waals surface area contributed by atoms with Crippen LogP contribution in [0.4, 0.5) is 0 Å². The lowest BCUT2D eigenvalue weighted by Gasteiger charge is -2.07. The van der Waals surface area contributed by atoms with Crippen LogP contribution in [-0.2, 0) is 16.1 Å². The largest absolute Gasteiger partial charge is 0.454 e. The van der Waals surface area contributed by atoms with E-state index in [2.05, 4.69) is 31.4 Å². The van der Waals surface area contributed by atoms with Crippen LogP contribution < -0.4 is 5.32 Å². The fraction of sp³-hybridized carbons (Fsp3) is 0.200. The standard InChI is InChI=1S/C20H18BrN3O4/c1-12-6-13(2)8-15(7-12)20(26)22-10-18(25)27-11-17-23-19(24-28-17)14-4-3-5-16(21)9-14/h3-9H,10-11H2,1-2H3,(H,22,26). The molecule has 144 valence electrons. The molecule has 8 heteroatoms. The maximum Gasteiger partial charge on any atom is 0.325 e. The summed E-state index contributed by atoms with van der Waals surface area (Å²) in [6.07, 6.45) is 0. The van der Waals surface area contributed by atoms with Gasteiger partial charge in [-0.2, -0.15) is 4.98 Å². The van der Waals surface area contributed by atoms with Gasteiger partial charge in [0, 0.05) is 15.6 Å². The van der Waals surface area contributed by atoms with Crippen molar-refractivity contribution in [3.8, 4) is 11.4 Å².